The topological polar surface area (TPSA) is 76.1 Å². The second kappa shape index (κ2) is 6.21. The van der Waals surface area contributed by atoms with Gasteiger partial charge in [-0.2, -0.15) is 5.26 Å². The molecule has 0 bridgehead atoms. The van der Waals surface area contributed by atoms with Gasteiger partial charge in [0.1, 0.15) is 23.1 Å². The Morgan fingerprint density at radius 3 is 2.45 bits per heavy atom. The Balaban J connectivity index is 2.25. The van der Waals surface area contributed by atoms with Gasteiger partial charge >= 0.3 is 0 Å². The number of hydrogen-bond acceptors (Lipinski definition) is 3. The van der Waals surface area contributed by atoms with E-state index in [9.17, 15) is 4.79 Å². The molecule has 0 saturated carbocycles. The molecule has 4 nitrogen and oxygen atoms in total. The van der Waals surface area contributed by atoms with Gasteiger partial charge in [-0.05, 0) is 35.9 Å². The predicted octanol–water partition coefficient (Wildman–Crippen LogP) is 2.87. The lowest BCUT2D eigenvalue weighted by molar-refractivity contribution is -0.114. The molecular formula is C16H12N2O2. The summed E-state index contributed by atoms with van der Waals surface area (Å²) >= 11 is 0. The van der Waals surface area contributed by atoms with Gasteiger partial charge in [-0.15, -0.1) is 0 Å². The van der Waals surface area contributed by atoms with Gasteiger partial charge in [0.05, 0.1) is 0 Å². The average molecular weight is 264 g/mol. The lowest BCUT2D eigenvalue weighted by atomic mass is 10.1. The summed E-state index contributed by atoms with van der Waals surface area (Å²) in [4.78, 5) is 11.0. The average Bonchev–Trinajstić information content (AvgIpc) is 2.46. The molecule has 0 heterocycles. The van der Waals surface area contributed by atoms with Crippen molar-refractivity contribution in [2.24, 2.45) is 5.73 Å². The van der Waals surface area contributed by atoms with Crippen molar-refractivity contribution in [3.63, 3.8) is 0 Å². The van der Waals surface area contributed by atoms with Gasteiger partial charge in [0.15, 0.2) is 0 Å². The molecule has 2 N–H and O–H groups in total. The molecule has 0 radical (unpaired) electrons. The molecule has 0 fully saturated rings. The molecular weight excluding hydrogens is 252 g/mol. The van der Waals surface area contributed by atoms with Gasteiger partial charge in [-0.25, -0.2) is 0 Å². The maximum absolute atomic E-state index is 11.0. The number of nitrogens with zero attached hydrogens (tertiary/aromatic N) is 1. The molecule has 0 aliphatic rings. The van der Waals surface area contributed by atoms with Crippen LogP contribution < -0.4 is 10.5 Å². The SMILES string of the molecule is N#C/C(=C/c1cccc(Oc2ccccc2)c1)C(N)=O. The molecule has 0 aliphatic heterocycles. The third-order valence-electron chi connectivity index (χ3n) is 2.53. The highest BCUT2D eigenvalue weighted by Gasteiger charge is 2.04. The Morgan fingerprint density at radius 1 is 1.10 bits per heavy atom. The number of benzene rings is 2. The lowest BCUT2D eigenvalue weighted by Crippen LogP contribution is -2.12. The minimum Gasteiger partial charge on any atom is -0.457 e. The summed E-state index contributed by atoms with van der Waals surface area (Å²) in [6.45, 7) is 0. The molecule has 0 aliphatic carbocycles. The summed E-state index contributed by atoms with van der Waals surface area (Å²) in [6, 6.07) is 18.2. The number of carbonyl (C=O) groups is 1. The van der Waals surface area contributed by atoms with Crippen molar-refractivity contribution in [1.82, 2.24) is 0 Å². The van der Waals surface area contributed by atoms with Crippen LogP contribution in [0.1, 0.15) is 5.56 Å². The van der Waals surface area contributed by atoms with Crippen LogP contribution in [0.5, 0.6) is 11.5 Å². The zero-order chi connectivity index (χ0) is 14.4. The first-order valence-corrected chi connectivity index (χ1v) is 5.93. The lowest BCUT2D eigenvalue weighted by Gasteiger charge is -2.06. The first kappa shape index (κ1) is 13.4. The largest absolute Gasteiger partial charge is 0.457 e. The quantitative estimate of drug-likeness (QED) is 0.681. The summed E-state index contributed by atoms with van der Waals surface area (Å²) in [5.41, 5.74) is 5.68. The first-order valence-electron chi connectivity index (χ1n) is 5.93. The highest BCUT2D eigenvalue weighted by atomic mass is 16.5. The first-order chi connectivity index (χ1) is 9.69. The van der Waals surface area contributed by atoms with E-state index in [1.165, 1.54) is 6.08 Å². The molecule has 1 amide bonds. The van der Waals surface area contributed by atoms with Crippen LogP contribution in [0.25, 0.3) is 6.08 Å². The third kappa shape index (κ3) is 3.47. The summed E-state index contributed by atoms with van der Waals surface area (Å²) < 4.78 is 5.67. The second-order valence-corrected chi connectivity index (χ2v) is 4.02. The van der Waals surface area contributed by atoms with E-state index in [4.69, 9.17) is 15.7 Å². The summed E-state index contributed by atoms with van der Waals surface area (Å²) in [5, 5.41) is 8.81. The van der Waals surface area contributed by atoms with E-state index in [2.05, 4.69) is 0 Å². The molecule has 2 aromatic rings. The monoisotopic (exact) mass is 264 g/mol. The minimum atomic E-state index is -0.748. The normalized spacial score (nSPS) is 10.7. The Hall–Kier alpha value is -3.06. The van der Waals surface area contributed by atoms with E-state index in [-0.39, 0.29) is 5.57 Å². The zero-order valence-corrected chi connectivity index (χ0v) is 10.6. The molecule has 0 spiro atoms. The Bertz CT molecular complexity index is 685. The molecule has 20 heavy (non-hydrogen) atoms. The van der Waals surface area contributed by atoms with Gasteiger partial charge in [0.2, 0.25) is 0 Å². The minimum absolute atomic E-state index is 0.0955. The van der Waals surface area contributed by atoms with E-state index >= 15 is 0 Å². The molecule has 0 aromatic heterocycles. The molecule has 4 heteroatoms. The van der Waals surface area contributed by atoms with Crippen LogP contribution in [-0.4, -0.2) is 5.91 Å². The summed E-state index contributed by atoms with van der Waals surface area (Å²) in [5.74, 6) is 0.581. The second-order valence-electron chi connectivity index (χ2n) is 4.02. The molecule has 0 saturated heterocycles. The van der Waals surface area contributed by atoms with Gasteiger partial charge in [0.25, 0.3) is 5.91 Å². The third-order valence-corrected chi connectivity index (χ3v) is 2.53. The van der Waals surface area contributed by atoms with Gasteiger partial charge in [0, 0.05) is 0 Å². The number of rotatable bonds is 4. The van der Waals surface area contributed by atoms with E-state index < -0.39 is 5.91 Å². The van der Waals surface area contributed by atoms with Crippen LogP contribution in [0.3, 0.4) is 0 Å². The van der Waals surface area contributed by atoms with Crippen molar-refractivity contribution in [3.8, 4) is 17.6 Å². The molecule has 0 atom stereocenters. The number of ether oxygens (including phenoxy) is 1. The maximum Gasteiger partial charge on any atom is 0.259 e. The molecule has 98 valence electrons. The Labute approximate surface area is 116 Å². The number of nitriles is 1. The Kier molecular flexibility index (Phi) is 4.15. The molecule has 0 unspecified atom stereocenters. The maximum atomic E-state index is 11.0. The van der Waals surface area contributed by atoms with Crippen molar-refractivity contribution in [1.29, 1.82) is 5.26 Å². The van der Waals surface area contributed by atoms with Crippen molar-refractivity contribution >= 4 is 12.0 Å². The van der Waals surface area contributed by atoms with E-state index in [0.717, 1.165) is 0 Å². The van der Waals surface area contributed by atoms with Crippen LogP contribution in [0, 0.1) is 11.3 Å². The fourth-order valence-electron chi connectivity index (χ4n) is 1.62. The number of hydrogen-bond donors (Lipinski definition) is 1. The Morgan fingerprint density at radius 2 is 1.80 bits per heavy atom. The number of amides is 1. The van der Waals surface area contributed by atoms with Gasteiger partial charge < -0.3 is 10.5 Å². The number of primary amides is 1. The highest BCUT2D eigenvalue weighted by Crippen LogP contribution is 2.22. The highest BCUT2D eigenvalue weighted by molar-refractivity contribution is 6.00. The fourth-order valence-corrected chi connectivity index (χ4v) is 1.62. The number of carbonyl (C=O) groups excluding carboxylic acids is 1. The van der Waals surface area contributed by atoms with Crippen LogP contribution in [0.15, 0.2) is 60.2 Å². The van der Waals surface area contributed by atoms with E-state index in [0.29, 0.717) is 17.1 Å². The summed E-state index contributed by atoms with van der Waals surface area (Å²) in [6.07, 6.45) is 1.43. The van der Waals surface area contributed by atoms with Crippen LogP contribution >= 0.6 is 0 Å². The number of nitrogens with two attached hydrogens (primary N) is 1. The standard InChI is InChI=1S/C16H12N2O2/c17-11-13(16(18)19)9-12-5-4-8-15(10-12)20-14-6-2-1-3-7-14/h1-10H,(H2,18,19)/b13-9-. The van der Waals surface area contributed by atoms with Crippen molar-refractivity contribution in [2.45, 2.75) is 0 Å². The van der Waals surface area contributed by atoms with Crippen molar-refractivity contribution in [3.05, 3.63) is 65.7 Å². The fraction of sp³-hybridized carbons (Fsp3) is 0. The van der Waals surface area contributed by atoms with Crippen LogP contribution in [-0.2, 0) is 4.79 Å². The summed E-state index contributed by atoms with van der Waals surface area (Å²) in [7, 11) is 0. The molecule has 2 rings (SSSR count). The van der Waals surface area contributed by atoms with E-state index in [1.54, 1.807) is 30.3 Å². The van der Waals surface area contributed by atoms with Crippen LogP contribution in [0.2, 0.25) is 0 Å². The zero-order valence-electron chi connectivity index (χ0n) is 10.6. The molecule has 2 aromatic carbocycles. The van der Waals surface area contributed by atoms with E-state index in [1.807, 2.05) is 30.3 Å². The smallest absolute Gasteiger partial charge is 0.259 e. The van der Waals surface area contributed by atoms with Crippen molar-refractivity contribution in [2.75, 3.05) is 0 Å². The van der Waals surface area contributed by atoms with Gasteiger partial charge in [-0.1, -0.05) is 30.3 Å². The number of para-hydroxylation sites is 1. The van der Waals surface area contributed by atoms with Crippen molar-refractivity contribution < 1.29 is 9.53 Å². The van der Waals surface area contributed by atoms with Crippen LogP contribution in [0.4, 0.5) is 0 Å². The predicted molar refractivity (Wildman–Crippen MR) is 75.7 cm³/mol. The van der Waals surface area contributed by atoms with Gasteiger partial charge in [-0.3, -0.25) is 4.79 Å².